The van der Waals surface area contributed by atoms with Gasteiger partial charge in [0, 0.05) is 61.1 Å². The van der Waals surface area contributed by atoms with Crippen molar-refractivity contribution in [3.8, 4) is 17.0 Å². The van der Waals surface area contributed by atoms with Crippen molar-refractivity contribution in [3.63, 3.8) is 0 Å². The molecule has 2 aliphatic heterocycles. The molecule has 4 heterocycles. The highest BCUT2D eigenvalue weighted by Gasteiger charge is 2.30. The number of nitrogens with zero attached hydrogens (tertiary/aromatic N) is 5. The van der Waals surface area contributed by atoms with Crippen LogP contribution in [0.2, 0.25) is 5.02 Å². The Morgan fingerprint density at radius 3 is 2.85 bits per heavy atom. The summed E-state index contributed by atoms with van der Waals surface area (Å²) >= 11 is 6.09. The number of nitrogens with one attached hydrogen (secondary N) is 1. The molecule has 0 spiro atoms. The number of aromatic nitrogens is 2. The first-order chi connectivity index (χ1) is 18.8. The fourth-order valence-electron chi connectivity index (χ4n) is 4.75. The molecule has 204 valence electrons. The average Bonchev–Trinajstić information content (AvgIpc) is 2.93. The van der Waals surface area contributed by atoms with Crippen LogP contribution in [0.1, 0.15) is 6.42 Å². The van der Waals surface area contributed by atoms with Crippen LogP contribution < -0.4 is 15.0 Å². The lowest BCUT2D eigenvalue weighted by Crippen LogP contribution is -2.55. The van der Waals surface area contributed by atoms with Gasteiger partial charge in [-0.05, 0) is 37.4 Å². The highest BCUT2D eigenvalue weighted by molar-refractivity contribution is 6.30. The number of amides is 1. The second-order valence-electron chi connectivity index (χ2n) is 9.49. The summed E-state index contributed by atoms with van der Waals surface area (Å²) in [5.41, 5.74) is 2.18. The van der Waals surface area contributed by atoms with E-state index in [1.807, 2.05) is 20.8 Å². The molecular weight excluding hydrogens is 527 g/mol. The molecule has 1 amide bonds. The molecule has 0 saturated carbocycles. The van der Waals surface area contributed by atoms with Crippen LogP contribution in [0.25, 0.3) is 11.3 Å². The molecular formula is C27H28ClFN6O4. The van der Waals surface area contributed by atoms with Gasteiger partial charge in [-0.1, -0.05) is 11.6 Å². The molecule has 1 atom stereocenters. The Morgan fingerprint density at radius 2 is 2.03 bits per heavy atom. The predicted molar refractivity (Wildman–Crippen MR) is 145 cm³/mol. The molecule has 1 aromatic carbocycles. The molecule has 3 aromatic rings. The van der Waals surface area contributed by atoms with Crippen molar-refractivity contribution in [2.45, 2.75) is 12.5 Å². The molecule has 2 aromatic heterocycles. The molecule has 0 aliphatic carbocycles. The number of ether oxygens (including phenoxy) is 1. The highest BCUT2D eigenvalue weighted by Crippen LogP contribution is 2.39. The van der Waals surface area contributed by atoms with Gasteiger partial charge >= 0.3 is 5.97 Å². The number of carbonyl (C=O) groups excluding carboxylic acids is 1. The number of fused-ring (bicyclic) bond motifs is 1. The van der Waals surface area contributed by atoms with Crippen molar-refractivity contribution in [2.24, 2.45) is 0 Å². The molecule has 1 unspecified atom stereocenters. The number of halogens is 2. The van der Waals surface area contributed by atoms with Crippen LogP contribution >= 0.6 is 11.6 Å². The maximum Gasteiger partial charge on any atom is 0.322 e. The standard InChI is InChI=1S/C27H28ClFN6O4/c1-33-8-9-34(16-23(33)27(37)38)7-5-26(36)32-25-13-18(4-6-30-25)35-10-11-39-24-15-31-21(14-22(24)35)19-12-17(28)2-3-20(19)29/h2-4,6,12-15,23H,5,7-11,16H2,1H3,(H,37,38)(H,30,32,36). The Morgan fingerprint density at radius 1 is 1.18 bits per heavy atom. The molecule has 2 N–H and O–H groups in total. The first-order valence-corrected chi connectivity index (χ1v) is 12.9. The Labute approximate surface area is 230 Å². The van der Waals surface area contributed by atoms with E-state index in [1.54, 1.807) is 31.6 Å². The van der Waals surface area contributed by atoms with Gasteiger partial charge in [-0.25, -0.2) is 9.37 Å². The van der Waals surface area contributed by atoms with Crippen LogP contribution in [0.3, 0.4) is 0 Å². The van der Waals surface area contributed by atoms with Gasteiger partial charge in [0.25, 0.3) is 0 Å². The summed E-state index contributed by atoms with van der Waals surface area (Å²) in [5, 5.41) is 12.6. The lowest BCUT2D eigenvalue weighted by atomic mass is 10.1. The zero-order valence-corrected chi connectivity index (χ0v) is 22.1. The van der Waals surface area contributed by atoms with Crippen molar-refractivity contribution < 1.29 is 23.8 Å². The third-order valence-electron chi connectivity index (χ3n) is 6.91. The summed E-state index contributed by atoms with van der Waals surface area (Å²) in [5.74, 6) is -0.558. The smallest absolute Gasteiger partial charge is 0.322 e. The van der Waals surface area contributed by atoms with E-state index < -0.39 is 17.8 Å². The lowest BCUT2D eigenvalue weighted by Gasteiger charge is -2.37. The van der Waals surface area contributed by atoms with Gasteiger partial charge in [-0.2, -0.15) is 0 Å². The van der Waals surface area contributed by atoms with Crippen molar-refractivity contribution in [2.75, 3.05) is 56.6 Å². The molecule has 2 aliphatic rings. The van der Waals surface area contributed by atoms with Gasteiger partial charge in [0.1, 0.15) is 24.3 Å². The molecule has 5 rings (SSSR count). The topological polar surface area (TPSA) is 111 Å². The maximum absolute atomic E-state index is 14.5. The van der Waals surface area contributed by atoms with E-state index in [4.69, 9.17) is 16.3 Å². The van der Waals surface area contributed by atoms with Gasteiger partial charge in [0.2, 0.25) is 5.91 Å². The summed E-state index contributed by atoms with van der Waals surface area (Å²) < 4.78 is 20.3. The largest absolute Gasteiger partial charge is 0.488 e. The summed E-state index contributed by atoms with van der Waals surface area (Å²) in [7, 11) is 1.79. The van der Waals surface area contributed by atoms with Gasteiger partial charge < -0.3 is 20.1 Å². The number of carboxylic acids is 1. The quantitative estimate of drug-likeness (QED) is 0.453. The van der Waals surface area contributed by atoms with E-state index in [1.165, 1.54) is 18.2 Å². The molecule has 0 bridgehead atoms. The van der Waals surface area contributed by atoms with Crippen LogP contribution in [-0.4, -0.2) is 89.2 Å². The van der Waals surface area contributed by atoms with Crippen LogP contribution in [0, 0.1) is 5.82 Å². The average molecular weight is 555 g/mol. The first kappa shape index (κ1) is 26.8. The number of hydrogen-bond acceptors (Lipinski definition) is 8. The molecule has 1 fully saturated rings. The normalized spacial score (nSPS) is 17.8. The van der Waals surface area contributed by atoms with Crippen LogP contribution in [-0.2, 0) is 9.59 Å². The zero-order chi connectivity index (χ0) is 27.5. The van der Waals surface area contributed by atoms with E-state index >= 15 is 0 Å². The van der Waals surface area contributed by atoms with Crippen LogP contribution in [0.5, 0.6) is 5.75 Å². The summed E-state index contributed by atoms with van der Waals surface area (Å²) in [4.78, 5) is 38.6. The van der Waals surface area contributed by atoms with E-state index in [9.17, 15) is 19.1 Å². The molecule has 39 heavy (non-hydrogen) atoms. The zero-order valence-electron chi connectivity index (χ0n) is 21.3. The number of carboxylic acid groups (broad SMARTS) is 1. The predicted octanol–water partition coefficient (Wildman–Crippen LogP) is 3.50. The summed E-state index contributed by atoms with van der Waals surface area (Å²) in [6, 6.07) is 9.08. The number of pyridine rings is 2. The number of likely N-dealkylation sites (N-methyl/N-ethyl adjacent to an activating group) is 1. The van der Waals surface area contributed by atoms with Gasteiger partial charge in [-0.3, -0.25) is 24.4 Å². The fraction of sp³-hybridized carbons (Fsp3) is 0.333. The molecule has 12 heteroatoms. The van der Waals surface area contributed by atoms with E-state index in [0.717, 1.165) is 5.69 Å². The SMILES string of the molecule is CN1CCN(CCC(=O)Nc2cc(N3CCOc4cnc(-c5cc(Cl)ccc5F)cc43)ccn2)CC1C(=O)O. The van der Waals surface area contributed by atoms with Gasteiger partial charge in [-0.15, -0.1) is 0 Å². The minimum Gasteiger partial charge on any atom is -0.488 e. The Balaban J connectivity index is 1.28. The number of aliphatic carboxylic acids is 1. The van der Waals surface area contributed by atoms with Crippen LogP contribution in [0.4, 0.5) is 21.6 Å². The lowest BCUT2D eigenvalue weighted by molar-refractivity contribution is -0.145. The first-order valence-electron chi connectivity index (χ1n) is 12.6. The van der Waals surface area contributed by atoms with E-state index in [-0.39, 0.29) is 17.9 Å². The minimum atomic E-state index is -0.863. The van der Waals surface area contributed by atoms with Crippen LogP contribution in [0.15, 0.2) is 48.8 Å². The molecule has 1 saturated heterocycles. The van der Waals surface area contributed by atoms with E-state index in [0.29, 0.717) is 67.3 Å². The van der Waals surface area contributed by atoms with Gasteiger partial charge in [0.05, 0.1) is 24.1 Å². The summed E-state index contributed by atoms with van der Waals surface area (Å²) in [6.07, 6.45) is 3.38. The number of benzene rings is 1. The second kappa shape index (κ2) is 11.5. The highest BCUT2D eigenvalue weighted by atomic mass is 35.5. The van der Waals surface area contributed by atoms with Crippen molar-refractivity contribution >= 4 is 40.7 Å². The third kappa shape index (κ3) is 6.11. The number of anilines is 3. The number of carbonyl (C=O) groups is 2. The number of piperazine rings is 1. The van der Waals surface area contributed by atoms with Gasteiger partial charge in [0.15, 0.2) is 5.75 Å². The van der Waals surface area contributed by atoms with E-state index in [2.05, 4.69) is 15.3 Å². The number of hydrogen-bond donors (Lipinski definition) is 2. The Bertz CT molecular complexity index is 1390. The number of rotatable bonds is 7. The fourth-order valence-corrected chi connectivity index (χ4v) is 4.92. The molecule has 0 radical (unpaired) electrons. The minimum absolute atomic E-state index is 0.211. The van der Waals surface area contributed by atoms with Crippen molar-refractivity contribution in [3.05, 3.63) is 59.6 Å². The Kier molecular flexibility index (Phi) is 7.92. The van der Waals surface area contributed by atoms with Crippen molar-refractivity contribution in [1.29, 1.82) is 0 Å². The van der Waals surface area contributed by atoms with Crippen molar-refractivity contribution in [1.82, 2.24) is 19.8 Å². The summed E-state index contributed by atoms with van der Waals surface area (Å²) in [6.45, 7) is 3.11. The second-order valence-corrected chi connectivity index (χ2v) is 9.93. The maximum atomic E-state index is 14.5. The third-order valence-corrected chi connectivity index (χ3v) is 7.14. The molecule has 10 nitrogen and oxygen atoms in total. The Hall–Kier alpha value is -3.80. The monoisotopic (exact) mass is 554 g/mol.